The van der Waals surface area contributed by atoms with Gasteiger partial charge < -0.3 is 29.2 Å². The van der Waals surface area contributed by atoms with Crippen molar-refractivity contribution in [3.05, 3.63) is 84.7 Å². The molecule has 0 aliphatic heterocycles. The maximum Gasteiger partial charge on any atom is 1.00 e. The summed E-state index contributed by atoms with van der Waals surface area (Å²) in [6.07, 6.45) is 14.6. The Morgan fingerprint density at radius 1 is 1.14 bits per heavy atom. The second-order valence-electron chi connectivity index (χ2n) is 5.88. The van der Waals surface area contributed by atoms with Gasteiger partial charge in [-0.3, -0.25) is 9.97 Å². The molecule has 0 saturated carbocycles. The average molecular weight is 405 g/mol. The first kappa shape index (κ1) is 25.3. The Morgan fingerprint density at radius 3 is 2.45 bits per heavy atom. The summed E-state index contributed by atoms with van der Waals surface area (Å²) in [5.74, 6) is 0.707. The van der Waals surface area contributed by atoms with E-state index in [0.29, 0.717) is 17.3 Å². The van der Waals surface area contributed by atoms with Crippen molar-refractivity contribution in [3.8, 4) is 0 Å². The molecule has 0 spiro atoms. The van der Waals surface area contributed by atoms with Crippen LogP contribution in [-0.4, -0.2) is 30.2 Å². The van der Waals surface area contributed by atoms with Crippen molar-refractivity contribution < 1.29 is 23.6 Å². The molecule has 0 atom stereocenters. The Hall–Kier alpha value is -1.77. The van der Waals surface area contributed by atoms with Crippen LogP contribution in [0.25, 0.3) is 11.0 Å². The summed E-state index contributed by atoms with van der Waals surface area (Å²) < 4.78 is 5.28. The van der Waals surface area contributed by atoms with Crippen LogP contribution in [0.1, 0.15) is 18.4 Å². The molecule has 0 unspecified atom stereocenters. The molecule has 0 radical (unpaired) electrons. The minimum absolute atomic E-state index is 0. The van der Waals surface area contributed by atoms with E-state index in [1.807, 2.05) is 18.2 Å². The predicted octanol–water partition coefficient (Wildman–Crippen LogP) is 1.19. The summed E-state index contributed by atoms with van der Waals surface area (Å²) in [7, 11) is 1.64. The van der Waals surface area contributed by atoms with Gasteiger partial charge in [0.15, 0.2) is 0 Å². The summed E-state index contributed by atoms with van der Waals surface area (Å²) >= 11 is 6.35. The fraction of sp³-hybridized carbons (Fsp3) is 0.273. The summed E-state index contributed by atoms with van der Waals surface area (Å²) in [6.45, 7) is 9.20. The first-order valence-electron chi connectivity index (χ1n) is 9.14. The topological polar surface area (TPSA) is 59.1 Å². The normalized spacial score (nSPS) is 17.8. The van der Waals surface area contributed by atoms with Crippen molar-refractivity contribution in [3.63, 3.8) is 0 Å². The number of aromatic nitrogens is 2. The van der Waals surface area contributed by atoms with Crippen molar-refractivity contribution in [2.45, 2.75) is 19.4 Å². The van der Waals surface area contributed by atoms with E-state index in [9.17, 15) is 0 Å². The van der Waals surface area contributed by atoms with Crippen LogP contribution in [0, 0.1) is 19.9 Å². The number of ether oxygens (including phenoxy) is 1. The monoisotopic (exact) mass is 404 g/mol. The SMILES string of the molecule is COC1=[C-]/C(NCc2cc3nccnc3cc2Cl)=C\CC/C=C\1.[CH2-]CNC[CH2-].[Li+]. The van der Waals surface area contributed by atoms with Crippen LogP contribution < -0.4 is 29.5 Å². The number of hydrogen-bond acceptors (Lipinski definition) is 5. The molecule has 0 saturated heterocycles. The summed E-state index contributed by atoms with van der Waals surface area (Å²) in [6, 6.07) is 3.80. The standard InChI is InChI=1S/C18H17ClN3O.C4H9N.Li/c1-23-15-6-4-2-3-5-14(10-15)22-12-13-9-17-18(11-16(13)19)21-8-7-20-17;1-3-5-4-2;/h4-9,11,22H,2-3,12H2,1H3;5H,1-4H2;/q-1;-2;+1/b6-4-,14-5+;;. The van der Waals surface area contributed by atoms with Crippen LogP contribution in [0.15, 0.2) is 54.2 Å². The molecule has 2 aromatic rings. The van der Waals surface area contributed by atoms with E-state index < -0.39 is 0 Å². The van der Waals surface area contributed by atoms with Gasteiger partial charge in [-0.25, -0.2) is 0 Å². The van der Waals surface area contributed by atoms with Crippen molar-refractivity contribution in [1.82, 2.24) is 20.6 Å². The molecule has 2 N–H and O–H groups in total. The number of allylic oxidation sites excluding steroid dienone is 4. The van der Waals surface area contributed by atoms with Gasteiger partial charge in [0, 0.05) is 29.7 Å². The number of nitrogens with zero attached hydrogens (tertiary/aromatic N) is 2. The first-order valence-corrected chi connectivity index (χ1v) is 9.52. The molecule has 0 fully saturated rings. The molecule has 1 heterocycles. The van der Waals surface area contributed by atoms with Crippen molar-refractivity contribution in [2.75, 3.05) is 20.2 Å². The first-order chi connectivity index (χ1) is 13.7. The predicted molar refractivity (Wildman–Crippen MR) is 115 cm³/mol. The van der Waals surface area contributed by atoms with Gasteiger partial charge >= 0.3 is 18.9 Å². The fourth-order valence-corrected chi connectivity index (χ4v) is 2.68. The van der Waals surface area contributed by atoms with E-state index in [4.69, 9.17) is 16.3 Å². The van der Waals surface area contributed by atoms with Gasteiger partial charge in [0.1, 0.15) is 0 Å². The Bertz CT molecular complexity index is 850. The van der Waals surface area contributed by atoms with E-state index in [-0.39, 0.29) is 18.9 Å². The van der Waals surface area contributed by atoms with Crippen LogP contribution in [0.3, 0.4) is 0 Å². The van der Waals surface area contributed by atoms with Gasteiger partial charge in [-0.1, -0.05) is 30.1 Å². The zero-order chi connectivity index (χ0) is 20.2. The van der Waals surface area contributed by atoms with E-state index >= 15 is 0 Å². The van der Waals surface area contributed by atoms with E-state index in [1.165, 1.54) is 0 Å². The third kappa shape index (κ3) is 8.63. The molecule has 1 aliphatic carbocycles. The molecular formula is C22H26ClLiN4O-2. The smallest absolute Gasteiger partial charge is 0.523 e. The molecular weight excluding hydrogens is 379 g/mol. The molecule has 1 aromatic heterocycles. The van der Waals surface area contributed by atoms with Crippen molar-refractivity contribution in [1.29, 1.82) is 0 Å². The zero-order valence-electron chi connectivity index (χ0n) is 17.2. The van der Waals surface area contributed by atoms with E-state index in [2.05, 4.69) is 52.7 Å². The Labute approximate surface area is 190 Å². The molecule has 5 nitrogen and oxygen atoms in total. The summed E-state index contributed by atoms with van der Waals surface area (Å²) in [4.78, 5) is 8.58. The van der Waals surface area contributed by atoms with Crippen molar-refractivity contribution >= 4 is 22.6 Å². The zero-order valence-corrected chi connectivity index (χ0v) is 17.9. The molecule has 1 aliphatic rings. The van der Waals surface area contributed by atoms with Crippen LogP contribution in [0.2, 0.25) is 5.02 Å². The summed E-state index contributed by atoms with van der Waals surface area (Å²) in [5.41, 5.74) is 3.51. The number of halogens is 1. The number of benzene rings is 1. The maximum absolute atomic E-state index is 6.35. The van der Waals surface area contributed by atoms with Gasteiger partial charge in [0.05, 0.1) is 18.1 Å². The molecule has 3 rings (SSSR count). The van der Waals surface area contributed by atoms with Gasteiger partial charge in [-0.2, -0.15) is 6.08 Å². The summed E-state index contributed by atoms with van der Waals surface area (Å²) in [5, 5.41) is 6.92. The quantitative estimate of drug-likeness (QED) is 0.559. The number of hydrogen-bond donors (Lipinski definition) is 2. The van der Waals surface area contributed by atoms with E-state index in [1.54, 1.807) is 19.5 Å². The third-order valence-electron chi connectivity index (χ3n) is 3.89. The Morgan fingerprint density at radius 2 is 1.83 bits per heavy atom. The van der Waals surface area contributed by atoms with Gasteiger partial charge in [-0.15, -0.1) is 31.3 Å². The molecule has 150 valence electrons. The second-order valence-corrected chi connectivity index (χ2v) is 6.29. The fourth-order valence-electron chi connectivity index (χ4n) is 2.45. The van der Waals surface area contributed by atoms with Crippen LogP contribution in [0.5, 0.6) is 0 Å². The number of methoxy groups -OCH3 is 1. The van der Waals surface area contributed by atoms with Crippen LogP contribution in [0.4, 0.5) is 0 Å². The van der Waals surface area contributed by atoms with Crippen molar-refractivity contribution in [2.24, 2.45) is 0 Å². The minimum Gasteiger partial charge on any atom is -0.523 e. The van der Waals surface area contributed by atoms with Crippen LogP contribution >= 0.6 is 11.6 Å². The number of nitrogens with one attached hydrogen (secondary N) is 2. The number of fused-ring (bicyclic) bond motifs is 1. The Balaban J connectivity index is 0.000000628. The second kappa shape index (κ2) is 14.2. The van der Waals surface area contributed by atoms with Crippen LogP contribution in [-0.2, 0) is 11.3 Å². The number of rotatable bonds is 6. The Kier molecular flexibility index (Phi) is 12.4. The van der Waals surface area contributed by atoms with Gasteiger partial charge in [0.25, 0.3) is 0 Å². The van der Waals surface area contributed by atoms with Gasteiger partial charge in [0.2, 0.25) is 0 Å². The largest absolute Gasteiger partial charge is 1.00 e. The molecule has 1 aromatic carbocycles. The van der Waals surface area contributed by atoms with E-state index in [0.717, 1.165) is 48.2 Å². The molecule has 0 amide bonds. The van der Waals surface area contributed by atoms with Gasteiger partial charge in [-0.05, 0) is 17.7 Å². The average Bonchev–Trinajstić information content (AvgIpc) is 2.68. The maximum atomic E-state index is 6.35. The third-order valence-corrected chi connectivity index (χ3v) is 4.24. The molecule has 29 heavy (non-hydrogen) atoms. The molecule has 7 heteroatoms. The minimum atomic E-state index is 0. The molecule has 0 bridgehead atoms.